The zero-order valence-electron chi connectivity index (χ0n) is 11.4. The molecule has 0 aliphatic carbocycles. The van der Waals surface area contributed by atoms with Gasteiger partial charge < -0.3 is 4.90 Å². The van der Waals surface area contributed by atoms with Crippen molar-refractivity contribution in [1.29, 1.82) is 5.26 Å². The number of piperidine rings is 1. The van der Waals surface area contributed by atoms with Gasteiger partial charge in [0.15, 0.2) is 0 Å². The van der Waals surface area contributed by atoms with Crippen LogP contribution in [-0.4, -0.2) is 12.6 Å². The van der Waals surface area contributed by atoms with Gasteiger partial charge in [-0.2, -0.15) is 5.26 Å². The fraction of sp³-hybridized carbons (Fsp3) is 0.562. The van der Waals surface area contributed by atoms with E-state index < -0.39 is 0 Å². The zero-order chi connectivity index (χ0) is 13.0. The molecule has 1 fully saturated rings. The third-order valence-electron chi connectivity index (χ3n) is 3.83. The second-order valence-corrected chi connectivity index (χ2v) is 5.26. The molecule has 2 nitrogen and oxygen atoms in total. The van der Waals surface area contributed by atoms with Crippen molar-refractivity contribution in [2.45, 2.75) is 52.0 Å². The van der Waals surface area contributed by atoms with E-state index in [1.165, 1.54) is 37.7 Å². The molecule has 1 saturated heterocycles. The summed E-state index contributed by atoms with van der Waals surface area (Å²) in [6.45, 7) is 5.39. The molecule has 0 amide bonds. The molecule has 0 radical (unpaired) electrons. The van der Waals surface area contributed by atoms with Crippen molar-refractivity contribution in [3.63, 3.8) is 0 Å². The van der Waals surface area contributed by atoms with E-state index in [-0.39, 0.29) is 0 Å². The van der Waals surface area contributed by atoms with E-state index in [2.05, 4.69) is 30.0 Å². The molecule has 1 aromatic rings. The lowest BCUT2D eigenvalue weighted by atomic mass is 9.96. The van der Waals surface area contributed by atoms with Gasteiger partial charge in [0.1, 0.15) is 6.07 Å². The van der Waals surface area contributed by atoms with Gasteiger partial charge in [-0.3, -0.25) is 0 Å². The Morgan fingerprint density at radius 2 is 2.22 bits per heavy atom. The lowest BCUT2D eigenvalue weighted by Gasteiger charge is -2.38. The summed E-state index contributed by atoms with van der Waals surface area (Å²) in [6, 6.07) is 9.23. The van der Waals surface area contributed by atoms with Crippen LogP contribution in [0, 0.1) is 18.3 Å². The van der Waals surface area contributed by atoms with Crippen molar-refractivity contribution >= 4 is 5.69 Å². The maximum absolute atomic E-state index is 9.31. The van der Waals surface area contributed by atoms with Crippen molar-refractivity contribution in [2.24, 2.45) is 0 Å². The minimum atomic E-state index is 0.624. The third-order valence-corrected chi connectivity index (χ3v) is 3.83. The molecule has 96 valence electrons. The van der Waals surface area contributed by atoms with Crippen LogP contribution in [0.25, 0.3) is 0 Å². The van der Waals surface area contributed by atoms with Crippen molar-refractivity contribution in [1.82, 2.24) is 0 Å². The normalized spacial score (nSPS) is 19.6. The molecule has 1 aliphatic rings. The summed E-state index contributed by atoms with van der Waals surface area (Å²) in [5.41, 5.74) is 3.14. The number of rotatable bonds is 3. The van der Waals surface area contributed by atoms with Gasteiger partial charge in [-0.15, -0.1) is 0 Å². The van der Waals surface area contributed by atoms with Crippen LogP contribution in [0.4, 0.5) is 5.69 Å². The topological polar surface area (TPSA) is 27.0 Å². The molecular weight excluding hydrogens is 220 g/mol. The minimum absolute atomic E-state index is 0.624. The number of hydrogen-bond acceptors (Lipinski definition) is 2. The van der Waals surface area contributed by atoms with Crippen molar-refractivity contribution in [3.05, 3.63) is 29.3 Å². The van der Waals surface area contributed by atoms with Crippen LogP contribution in [0.3, 0.4) is 0 Å². The van der Waals surface area contributed by atoms with Gasteiger partial charge in [-0.1, -0.05) is 19.4 Å². The highest BCUT2D eigenvalue weighted by Crippen LogP contribution is 2.30. The van der Waals surface area contributed by atoms with E-state index in [1.807, 2.05) is 13.0 Å². The van der Waals surface area contributed by atoms with Crippen molar-refractivity contribution in [3.8, 4) is 6.07 Å². The standard InChI is InChI=1S/C16H22N2/c1-3-6-15-7-4-5-10-18(15)16-9-8-13(2)11-14(16)12-17/h8-9,11,15H,3-7,10H2,1-2H3. The monoisotopic (exact) mass is 242 g/mol. The van der Waals surface area contributed by atoms with Crippen LogP contribution in [0.15, 0.2) is 18.2 Å². The highest BCUT2D eigenvalue weighted by molar-refractivity contribution is 5.61. The fourth-order valence-corrected chi connectivity index (χ4v) is 2.94. The summed E-state index contributed by atoms with van der Waals surface area (Å²) < 4.78 is 0. The van der Waals surface area contributed by atoms with E-state index >= 15 is 0 Å². The number of nitriles is 1. The van der Waals surface area contributed by atoms with Gasteiger partial charge in [-0.05, 0) is 50.3 Å². The van der Waals surface area contributed by atoms with Gasteiger partial charge in [0.25, 0.3) is 0 Å². The molecule has 1 heterocycles. The maximum Gasteiger partial charge on any atom is 0.101 e. The van der Waals surface area contributed by atoms with Crippen LogP contribution in [0.1, 0.15) is 50.2 Å². The van der Waals surface area contributed by atoms with E-state index in [0.29, 0.717) is 6.04 Å². The highest BCUT2D eigenvalue weighted by atomic mass is 15.2. The van der Waals surface area contributed by atoms with E-state index in [1.54, 1.807) is 0 Å². The largest absolute Gasteiger partial charge is 0.367 e. The molecule has 1 aromatic carbocycles. The fourth-order valence-electron chi connectivity index (χ4n) is 2.94. The van der Waals surface area contributed by atoms with Gasteiger partial charge in [-0.25, -0.2) is 0 Å². The number of hydrogen-bond donors (Lipinski definition) is 0. The molecule has 0 N–H and O–H groups in total. The quantitative estimate of drug-likeness (QED) is 0.800. The Balaban J connectivity index is 2.30. The van der Waals surface area contributed by atoms with Gasteiger partial charge in [0, 0.05) is 12.6 Å². The summed E-state index contributed by atoms with van der Waals surface area (Å²) in [6.07, 6.45) is 6.30. The van der Waals surface area contributed by atoms with Gasteiger partial charge in [0.05, 0.1) is 11.3 Å². The Morgan fingerprint density at radius 3 is 2.94 bits per heavy atom. The zero-order valence-corrected chi connectivity index (χ0v) is 11.4. The highest BCUT2D eigenvalue weighted by Gasteiger charge is 2.23. The van der Waals surface area contributed by atoms with Gasteiger partial charge >= 0.3 is 0 Å². The molecular formula is C16H22N2. The first-order valence-corrected chi connectivity index (χ1v) is 7.03. The molecule has 2 rings (SSSR count). The van der Waals surface area contributed by atoms with E-state index in [9.17, 15) is 5.26 Å². The second-order valence-electron chi connectivity index (χ2n) is 5.26. The summed E-state index contributed by atoms with van der Waals surface area (Å²) in [5.74, 6) is 0. The first kappa shape index (κ1) is 13.0. The Morgan fingerprint density at radius 1 is 1.39 bits per heavy atom. The van der Waals surface area contributed by atoms with E-state index in [4.69, 9.17) is 0 Å². The number of benzene rings is 1. The SMILES string of the molecule is CCCC1CCCCN1c1ccc(C)cc1C#N. The Hall–Kier alpha value is -1.49. The Labute approximate surface area is 110 Å². The Bertz CT molecular complexity index is 443. The van der Waals surface area contributed by atoms with Crippen LogP contribution >= 0.6 is 0 Å². The molecule has 1 aliphatic heterocycles. The van der Waals surface area contributed by atoms with Crippen LogP contribution in [0.2, 0.25) is 0 Å². The molecule has 18 heavy (non-hydrogen) atoms. The first-order valence-electron chi connectivity index (χ1n) is 7.03. The minimum Gasteiger partial charge on any atom is -0.367 e. The third kappa shape index (κ3) is 2.67. The summed E-state index contributed by atoms with van der Waals surface area (Å²) in [7, 11) is 0. The van der Waals surface area contributed by atoms with E-state index in [0.717, 1.165) is 17.8 Å². The summed E-state index contributed by atoms with van der Waals surface area (Å²) in [4.78, 5) is 2.46. The molecule has 1 unspecified atom stereocenters. The predicted molar refractivity (Wildman–Crippen MR) is 75.8 cm³/mol. The molecule has 0 aromatic heterocycles. The molecule has 2 heteroatoms. The number of nitrogens with zero attached hydrogens (tertiary/aromatic N) is 2. The molecule has 0 bridgehead atoms. The van der Waals surface area contributed by atoms with Crippen LogP contribution < -0.4 is 4.90 Å². The Kier molecular flexibility index (Phi) is 4.25. The lowest BCUT2D eigenvalue weighted by Crippen LogP contribution is -2.39. The van der Waals surface area contributed by atoms with Crippen molar-refractivity contribution < 1.29 is 0 Å². The maximum atomic E-state index is 9.31. The summed E-state index contributed by atoms with van der Waals surface area (Å²) in [5, 5.41) is 9.31. The molecule has 1 atom stereocenters. The average molecular weight is 242 g/mol. The second kappa shape index (κ2) is 5.91. The van der Waals surface area contributed by atoms with Crippen molar-refractivity contribution in [2.75, 3.05) is 11.4 Å². The number of anilines is 1. The predicted octanol–water partition coefficient (Wildman–Crippen LogP) is 4.03. The summed E-state index contributed by atoms with van der Waals surface area (Å²) >= 11 is 0. The number of aryl methyl sites for hydroxylation is 1. The first-order chi connectivity index (χ1) is 8.76. The van der Waals surface area contributed by atoms with Gasteiger partial charge in [0.2, 0.25) is 0 Å². The lowest BCUT2D eigenvalue weighted by molar-refractivity contribution is 0.434. The average Bonchev–Trinajstić information content (AvgIpc) is 2.40. The molecule has 0 spiro atoms. The smallest absolute Gasteiger partial charge is 0.101 e. The molecule has 0 saturated carbocycles. The van der Waals surface area contributed by atoms with Crippen LogP contribution in [0.5, 0.6) is 0 Å². The van der Waals surface area contributed by atoms with Crippen LogP contribution in [-0.2, 0) is 0 Å².